The highest BCUT2D eigenvalue weighted by molar-refractivity contribution is 5.89. The van der Waals surface area contributed by atoms with Gasteiger partial charge in [0.1, 0.15) is 11.4 Å². The van der Waals surface area contributed by atoms with Gasteiger partial charge in [-0.05, 0) is 43.0 Å². The van der Waals surface area contributed by atoms with Crippen LogP contribution in [0.4, 0.5) is 10.5 Å². The van der Waals surface area contributed by atoms with Gasteiger partial charge in [-0.1, -0.05) is 18.2 Å². The van der Waals surface area contributed by atoms with Crippen LogP contribution in [0.5, 0.6) is 0 Å². The molecule has 3 N–H and O–H groups in total. The minimum absolute atomic E-state index is 0.129. The van der Waals surface area contributed by atoms with Crippen LogP contribution in [0, 0.1) is 5.92 Å². The average molecular weight is 286 g/mol. The van der Waals surface area contributed by atoms with Crippen molar-refractivity contribution in [3.05, 3.63) is 54.5 Å². The maximum atomic E-state index is 11.9. The van der Waals surface area contributed by atoms with Gasteiger partial charge in [0.05, 0.1) is 12.8 Å². The fourth-order valence-corrected chi connectivity index (χ4v) is 2.43. The number of carbonyl (C=O) groups is 1. The van der Waals surface area contributed by atoms with Crippen LogP contribution < -0.4 is 10.6 Å². The molecule has 0 spiro atoms. The zero-order valence-corrected chi connectivity index (χ0v) is 11.6. The lowest BCUT2D eigenvalue weighted by Crippen LogP contribution is -2.43. The van der Waals surface area contributed by atoms with Crippen LogP contribution in [-0.4, -0.2) is 17.7 Å². The van der Waals surface area contributed by atoms with E-state index in [2.05, 4.69) is 10.6 Å². The molecule has 110 valence electrons. The molecule has 21 heavy (non-hydrogen) atoms. The highest BCUT2D eigenvalue weighted by atomic mass is 16.4. The van der Waals surface area contributed by atoms with E-state index in [9.17, 15) is 9.90 Å². The zero-order valence-electron chi connectivity index (χ0n) is 11.6. The first-order valence-corrected chi connectivity index (χ1v) is 7.05. The highest BCUT2D eigenvalue weighted by Gasteiger charge is 2.47. The lowest BCUT2D eigenvalue weighted by atomic mass is 9.94. The van der Waals surface area contributed by atoms with Crippen molar-refractivity contribution in [2.24, 2.45) is 5.92 Å². The SMILES string of the molecule is O=C(NCC(O)(c1ccco1)C1CC1)Nc1ccccc1. The monoisotopic (exact) mass is 286 g/mol. The highest BCUT2D eigenvalue weighted by Crippen LogP contribution is 2.45. The maximum Gasteiger partial charge on any atom is 0.319 e. The zero-order chi connectivity index (χ0) is 14.7. The number of rotatable bonds is 5. The van der Waals surface area contributed by atoms with Crippen LogP contribution in [0.3, 0.4) is 0 Å². The van der Waals surface area contributed by atoms with Crippen molar-refractivity contribution in [2.45, 2.75) is 18.4 Å². The average Bonchev–Trinajstić information content (AvgIpc) is 3.21. The largest absolute Gasteiger partial charge is 0.466 e. The van der Waals surface area contributed by atoms with Gasteiger partial charge in [0.15, 0.2) is 0 Å². The Morgan fingerprint density at radius 3 is 2.62 bits per heavy atom. The van der Waals surface area contributed by atoms with Crippen molar-refractivity contribution in [1.29, 1.82) is 0 Å². The molecule has 0 bridgehead atoms. The molecule has 0 aliphatic heterocycles. The number of carbonyl (C=O) groups excluding carboxylic acids is 1. The molecule has 1 aliphatic carbocycles. The van der Waals surface area contributed by atoms with Crippen LogP contribution in [0.15, 0.2) is 53.1 Å². The summed E-state index contributed by atoms with van der Waals surface area (Å²) in [5.74, 6) is 0.644. The summed E-state index contributed by atoms with van der Waals surface area (Å²) in [5, 5.41) is 16.2. The Hall–Kier alpha value is -2.27. The van der Waals surface area contributed by atoms with Crippen molar-refractivity contribution in [3.63, 3.8) is 0 Å². The summed E-state index contributed by atoms with van der Waals surface area (Å²) < 4.78 is 5.33. The normalized spacial score (nSPS) is 17.0. The van der Waals surface area contributed by atoms with Crippen LogP contribution in [-0.2, 0) is 5.60 Å². The minimum atomic E-state index is -1.13. The topological polar surface area (TPSA) is 74.5 Å². The van der Waals surface area contributed by atoms with E-state index in [-0.39, 0.29) is 18.5 Å². The van der Waals surface area contributed by atoms with Crippen molar-refractivity contribution in [3.8, 4) is 0 Å². The quantitative estimate of drug-likeness (QED) is 0.791. The Morgan fingerprint density at radius 1 is 1.24 bits per heavy atom. The van der Waals surface area contributed by atoms with Crippen LogP contribution in [0.25, 0.3) is 0 Å². The summed E-state index contributed by atoms with van der Waals surface area (Å²) >= 11 is 0. The first kappa shape index (κ1) is 13.7. The molecule has 1 fully saturated rings. The number of para-hydroxylation sites is 1. The van der Waals surface area contributed by atoms with Gasteiger partial charge in [0.2, 0.25) is 0 Å². The van der Waals surface area contributed by atoms with Gasteiger partial charge in [-0.25, -0.2) is 4.79 Å². The maximum absolute atomic E-state index is 11.9. The minimum Gasteiger partial charge on any atom is -0.466 e. The molecule has 2 aromatic rings. The van der Waals surface area contributed by atoms with E-state index in [0.29, 0.717) is 11.4 Å². The van der Waals surface area contributed by atoms with E-state index in [4.69, 9.17) is 4.42 Å². The van der Waals surface area contributed by atoms with E-state index in [1.807, 2.05) is 18.2 Å². The van der Waals surface area contributed by atoms with Gasteiger partial charge in [0, 0.05) is 5.69 Å². The smallest absolute Gasteiger partial charge is 0.319 e. The summed E-state index contributed by atoms with van der Waals surface area (Å²) in [5.41, 5.74) is -0.416. The third-order valence-corrected chi connectivity index (χ3v) is 3.75. The van der Waals surface area contributed by atoms with Crippen molar-refractivity contribution in [2.75, 3.05) is 11.9 Å². The predicted octanol–water partition coefficient (Wildman–Crippen LogP) is 2.70. The Morgan fingerprint density at radius 2 is 2.00 bits per heavy atom. The van der Waals surface area contributed by atoms with Gasteiger partial charge in [-0.3, -0.25) is 0 Å². The molecule has 1 heterocycles. The number of benzene rings is 1. The van der Waals surface area contributed by atoms with E-state index in [1.165, 1.54) is 6.26 Å². The van der Waals surface area contributed by atoms with Crippen molar-refractivity contribution >= 4 is 11.7 Å². The summed E-state index contributed by atoms with van der Waals surface area (Å²) in [7, 11) is 0. The molecule has 1 aromatic heterocycles. The Labute approximate surface area is 123 Å². The fraction of sp³-hybridized carbons (Fsp3) is 0.312. The molecule has 5 nitrogen and oxygen atoms in total. The molecule has 1 atom stereocenters. The van der Waals surface area contributed by atoms with E-state index < -0.39 is 5.60 Å². The van der Waals surface area contributed by atoms with E-state index in [1.54, 1.807) is 24.3 Å². The van der Waals surface area contributed by atoms with Gasteiger partial charge >= 0.3 is 6.03 Å². The van der Waals surface area contributed by atoms with Crippen LogP contribution >= 0.6 is 0 Å². The second-order valence-electron chi connectivity index (χ2n) is 5.35. The number of nitrogens with one attached hydrogen (secondary N) is 2. The molecule has 0 saturated heterocycles. The molecule has 1 aromatic carbocycles. The Balaban J connectivity index is 1.61. The number of hydrogen-bond donors (Lipinski definition) is 3. The molecule has 0 radical (unpaired) electrons. The lowest BCUT2D eigenvalue weighted by Gasteiger charge is -2.26. The molecule has 3 rings (SSSR count). The lowest BCUT2D eigenvalue weighted by molar-refractivity contribution is -0.00414. The van der Waals surface area contributed by atoms with Crippen molar-refractivity contribution in [1.82, 2.24) is 5.32 Å². The third-order valence-electron chi connectivity index (χ3n) is 3.75. The van der Waals surface area contributed by atoms with Crippen LogP contribution in [0.2, 0.25) is 0 Å². The third kappa shape index (κ3) is 3.08. The van der Waals surface area contributed by atoms with Gasteiger partial charge in [0.25, 0.3) is 0 Å². The van der Waals surface area contributed by atoms with E-state index in [0.717, 1.165) is 12.8 Å². The summed E-state index contributed by atoms with van der Waals surface area (Å²) in [4.78, 5) is 11.9. The summed E-state index contributed by atoms with van der Waals surface area (Å²) in [6.45, 7) is 0.129. The van der Waals surface area contributed by atoms with Crippen LogP contribution in [0.1, 0.15) is 18.6 Å². The number of furan rings is 1. The molecule has 1 saturated carbocycles. The molecular formula is C16H18N2O3. The van der Waals surface area contributed by atoms with Gasteiger partial charge in [-0.15, -0.1) is 0 Å². The van der Waals surface area contributed by atoms with Crippen molar-refractivity contribution < 1.29 is 14.3 Å². The number of aliphatic hydroxyl groups is 1. The molecule has 1 unspecified atom stereocenters. The Bertz CT molecular complexity index is 593. The van der Waals surface area contributed by atoms with Gasteiger partial charge < -0.3 is 20.2 Å². The molecule has 2 amide bonds. The first-order valence-electron chi connectivity index (χ1n) is 7.05. The standard InChI is InChI=1S/C16H18N2O3/c19-15(18-13-5-2-1-3-6-13)17-11-16(20,12-8-9-12)14-7-4-10-21-14/h1-7,10,12,20H,8-9,11H2,(H2,17,18,19). The van der Waals surface area contributed by atoms with E-state index >= 15 is 0 Å². The number of hydrogen-bond acceptors (Lipinski definition) is 3. The summed E-state index contributed by atoms with van der Waals surface area (Å²) in [6, 6.07) is 12.3. The number of urea groups is 1. The number of amides is 2. The summed E-state index contributed by atoms with van der Waals surface area (Å²) in [6.07, 6.45) is 3.42. The number of anilines is 1. The first-order chi connectivity index (χ1) is 10.2. The second kappa shape index (κ2) is 5.61. The molecule has 1 aliphatic rings. The predicted molar refractivity (Wildman–Crippen MR) is 78.8 cm³/mol. The second-order valence-corrected chi connectivity index (χ2v) is 5.35. The van der Waals surface area contributed by atoms with Gasteiger partial charge in [-0.2, -0.15) is 0 Å². The molecule has 5 heteroatoms. The molecular weight excluding hydrogens is 268 g/mol. The fourth-order valence-electron chi connectivity index (χ4n) is 2.43. The Kier molecular flexibility index (Phi) is 3.66.